The lowest BCUT2D eigenvalue weighted by Gasteiger charge is -2.21. The van der Waals surface area contributed by atoms with Gasteiger partial charge in [-0.3, -0.25) is 14.4 Å². The van der Waals surface area contributed by atoms with Crippen LogP contribution in [0.1, 0.15) is 23.2 Å². The van der Waals surface area contributed by atoms with E-state index >= 15 is 0 Å². The van der Waals surface area contributed by atoms with Crippen molar-refractivity contribution < 1.29 is 9.59 Å². The third kappa shape index (κ3) is 2.06. The number of nitrogens with zero attached hydrogens (tertiary/aromatic N) is 1. The number of nitrogens with two attached hydrogens (primary N) is 1. The molecule has 1 saturated heterocycles. The van der Waals surface area contributed by atoms with Crippen molar-refractivity contribution >= 4 is 11.8 Å². The first kappa shape index (κ1) is 11.4. The van der Waals surface area contributed by atoms with Crippen LogP contribution in [-0.4, -0.2) is 34.3 Å². The summed E-state index contributed by atoms with van der Waals surface area (Å²) < 4.78 is 0. The summed E-state index contributed by atoms with van der Waals surface area (Å²) >= 11 is 0. The number of carbonyl (C=O) groups is 2. The highest BCUT2D eigenvalue weighted by Gasteiger charge is 2.33. The lowest BCUT2D eigenvalue weighted by molar-refractivity contribution is -0.121. The van der Waals surface area contributed by atoms with Crippen LogP contribution >= 0.6 is 0 Å². The van der Waals surface area contributed by atoms with Gasteiger partial charge in [0.15, 0.2) is 5.43 Å². The minimum absolute atomic E-state index is 0.0423. The zero-order valence-electron chi connectivity index (χ0n) is 9.18. The fourth-order valence-corrected chi connectivity index (χ4v) is 2.04. The maximum absolute atomic E-state index is 12.1. The van der Waals surface area contributed by atoms with Crippen molar-refractivity contribution in [1.29, 1.82) is 0 Å². The molecule has 2 amide bonds. The van der Waals surface area contributed by atoms with Crippen LogP contribution in [0.15, 0.2) is 23.3 Å². The molecule has 1 atom stereocenters. The van der Waals surface area contributed by atoms with Gasteiger partial charge in [0.1, 0.15) is 11.6 Å². The minimum atomic E-state index is -0.595. The van der Waals surface area contributed by atoms with Crippen molar-refractivity contribution in [2.45, 2.75) is 18.9 Å². The van der Waals surface area contributed by atoms with Crippen molar-refractivity contribution in [3.05, 3.63) is 34.2 Å². The van der Waals surface area contributed by atoms with E-state index in [0.717, 1.165) is 6.42 Å². The van der Waals surface area contributed by atoms with Gasteiger partial charge in [-0.2, -0.15) is 0 Å². The molecule has 1 fully saturated rings. The van der Waals surface area contributed by atoms with Gasteiger partial charge in [-0.25, -0.2) is 0 Å². The van der Waals surface area contributed by atoms with Gasteiger partial charge in [0, 0.05) is 25.0 Å². The zero-order chi connectivity index (χ0) is 12.4. The van der Waals surface area contributed by atoms with Gasteiger partial charge in [-0.15, -0.1) is 0 Å². The Morgan fingerprint density at radius 1 is 1.47 bits per heavy atom. The SMILES string of the molecule is NC(=O)C1CCCN1C(=O)c1c[nH]ccc1=O. The molecule has 0 bridgehead atoms. The number of hydrogen-bond acceptors (Lipinski definition) is 3. The van der Waals surface area contributed by atoms with Crippen LogP contribution in [-0.2, 0) is 4.79 Å². The van der Waals surface area contributed by atoms with Crippen LogP contribution in [0.3, 0.4) is 0 Å². The van der Waals surface area contributed by atoms with E-state index in [1.807, 2.05) is 0 Å². The highest BCUT2D eigenvalue weighted by atomic mass is 16.2. The van der Waals surface area contributed by atoms with E-state index in [1.165, 1.54) is 23.4 Å². The maximum atomic E-state index is 12.1. The smallest absolute Gasteiger partial charge is 0.259 e. The molecule has 0 radical (unpaired) electrons. The Morgan fingerprint density at radius 3 is 2.88 bits per heavy atom. The van der Waals surface area contributed by atoms with Crippen LogP contribution in [0.4, 0.5) is 0 Å². The van der Waals surface area contributed by atoms with E-state index in [1.54, 1.807) is 0 Å². The molecule has 1 aromatic heterocycles. The number of H-pyrrole nitrogens is 1. The second-order valence-electron chi connectivity index (χ2n) is 3.98. The molecular formula is C11H13N3O3. The number of aromatic nitrogens is 1. The summed E-state index contributed by atoms with van der Waals surface area (Å²) in [4.78, 5) is 38.8. The molecule has 1 aliphatic rings. The van der Waals surface area contributed by atoms with Gasteiger partial charge >= 0.3 is 0 Å². The van der Waals surface area contributed by atoms with Gasteiger partial charge in [0.05, 0.1) is 0 Å². The van der Waals surface area contributed by atoms with Crippen molar-refractivity contribution in [2.24, 2.45) is 5.73 Å². The Morgan fingerprint density at radius 2 is 2.24 bits per heavy atom. The molecule has 6 nitrogen and oxygen atoms in total. The summed E-state index contributed by atoms with van der Waals surface area (Å²) in [5.41, 5.74) is 4.91. The second kappa shape index (κ2) is 4.40. The molecule has 6 heteroatoms. The summed E-state index contributed by atoms with van der Waals surface area (Å²) in [6.07, 6.45) is 4.09. The fraction of sp³-hybridized carbons (Fsp3) is 0.364. The van der Waals surface area contributed by atoms with Crippen molar-refractivity contribution in [3.63, 3.8) is 0 Å². The molecule has 0 saturated carbocycles. The number of primary amides is 1. The number of carbonyl (C=O) groups excluding carboxylic acids is 2. The number of pyridine rings is 1. The first-order valence-electron chi connectivity index (χ1n) is 5.38. The molecule has 1 aliphatic heterocycles. The number of amides is 2. The summed E-state index contributed by atoms with van der Waals surface area (Å²) in [6.45, 7) is 0.459. The monoisotopic (exact) mass is 235 g/mol. The Bertz CT molecular complexity index is 509. The second-order valence-corrected chi connectivity index (χ2v) is 3.98. The third-order valence-electron chi connectivity index (χ3n) is 2.90. The quantitative estimate of drug-likeness (QED) is 0.720. The van der Waals surface area contributed by atoms with E-state index in [2.05, 4.69) is 4.98 Å². The topological polar surface area (TPSA) is 96.3 Å². The first-order valence-corrected chi connectivity index (χ1v) is 5.38. The number of rotatable bonds is 2. The molecule has 1 unspecified atom stereocenters. The average molecular weight is 235 g/mol. The highest BCUT2D eigenvalue weighted by Crippen LogP contribution is 2.18. The number of hydrogen-bond donors (Lipinski definition) is 2. The first-order chi connectivity index (χ1) is 8.11. The predicted molar refractivity (Wildman–Crippen MR) is 60.3 cm³/mol. The van der Waals surface area contributed by atoms with Gasteiger partial charge in [-0.05, 0) is 12.8 Å². The molecule has 0 aromatic carbocycles. The molecule has 3 N–H and O–H groups in total. The molecule has 90 valence electrons. The molecule has 1 aromatic rings. The van der Waals surface area contributed by atoms with Gasteiger partial charge < -0.3 is 15.6 Å². The van der Waals surface area contributed by atoms with Crippen LogP contribution in [0.2, 0.25) is 0 Å². The van der Waals surface area contributed by atoms with Gasteiger partial charge in [-0.1, -0.05) is 0 Å². The summed E-state index contributed by atoms with van der Waals surface area (Å²) in [7, 11) is 0. The lowest BCUT2D eigenvalue weighted by Crippen LogP contribution is -2.44. The molecule has 17 heavy (non-hydrogen) atoms. The highest BCUT2D eigenvalue weighted by molar-refractivity contribution is 5.97. The Hall–Kier alpha value is -2.11. The lowest BCUT2D eigenvalue weighted by atomic mass is 10.2. The summed E-state index contributed by atoms with van der Waals surface area (Å²) in [5, 5.41) is 0. The van der Waals surface area contributed by atoms with Crippen LogP contribution < -0.4 is 11.2 Å². The Kier molecular flexibility index (Phi) is 2.95. The standard InChI is InChI=1S/C11H13N3O3/c12-10(16)8-2-1-5-14(8)11(17)7-6-13-4-3-9(7)15/h3-4,6,8H,1-2,5H2,(H2,12,16)(H,13,15). The number of aromatic amines is 1. The number of nitrogens with one attached hydrogen (secondary N) is 1. The molecule has 2 heterocycles. The average Bonchev–Trinajstić information content (AvgIpc) is 2.77. The predicted octanol–water partition coefficient (Wildman–Crippen LogP) is -0.535. The van der Waals surface area contributed by atoms with Crippen LogP contribution in [0.5, 0.6) is 0 Å². The minimum Gasteiger partial charge on any atom is -0.368 e. The van der Waals surface area contributed by atoms with Crippen LogP contribution in [0.25, 0.3) is 0 Å². The maximum Gasteiger partial charge on any atom is 0.259 e. The summed E-state index contributed by atoms with van der Waals surface area (Å²) in [6, 6.07) is 0.685. The van der Waals surface area contributed by atoms with Gasteiger partial charge in [0.2, 0.25) is 5.91 Å². The number of likely N-dealkylation sites (tertiary alicyclic amines) is 1. The van der Waals surface area contributed by atoms with Crippen molar-refractivity contribution in [2.75, 3.05) is 6.54 Å². The van der Waals surface area contributed by atoms with E-state index in [0.29, 0.717) is 13.0 Å². The van der Waals surface area contributed by atoms with Crippen LogP contribution in [0, 0.1) is 0 Å². The normalized spacial score (nSPS) is 19.3. The van der Waals surface area contributed by atoms with E-state index in [4.69, 9.17) is 5.73 Å². The largest absolute Gasteiger partial charge is 0.368 e. The van der Waals surface area contributed by atoms with Crippen molar-refractivity contribution in [1.82, 2.24) is 9.88 Å². The Labute approximate surface area is 97.4 Å². The molecule has 2 rings (SSSR count). The van der Waals surface area contributed by atoms with E-state index in [-0.39, 0.29) is 11.0 Å². The van der Waals surface area contributed by atoms with Crippen molar-refractivity contribution in [3.8, 4) is 0 Å². The molecule has 0 aliphatic carbocycles. The fourth-order valence-electron chi connectivity index (χ4n) is 2.04. The Balaban J connectivity index is 2.29. The summed E-state index contributed by atoms with van der Waals surface area (Å²) in [5.74, 6) is -0.962. The third-order valence-corrected chi connectivity index (χ3v) is 2.90. The van der Waals surface area contributed by atoms with E-state index < -0.39 is 17.9 Å². The molecule has 0 spiro atoms. The zero-order valence-corrected chi connectivity index (χ0v) is 9.18. The van der Waals surface area contributed by atoms with E-state index in [9.17, 15) is 14.4 Å². The molecular weight excluding hydrogens is 222 g/mol. The van der Waals surface area contributed by atoms with Gasteiger partial charge in [0.25, 0.3) is 5.91 Å².